The summed E-state index contributed by atoms with van der Waals surface area (Å²) in [6.45, 7) is 6.01. The molecule has 160 valence electrons. The molecule has 0 bridgehead atoms. The lowest BCUT2D eigenvalue weighted by Crippen LogP contribution is -2.38. The molecular weight excluding hydrogens is 402 g/mol. The summed E-state index contributed by atoms with van der Waals surface area (Å²) in [5, 5.41) is 4.95. The van der Waals surface area contributed by atoms with Crippen LogP contribution in [-0.2, 0) is 4.79 Å². The highest BCUT2D eigenvalue weighted by Crippen LogP contribution is 2.28. The van der Waals surface area contributed by atoms with Gasteiger partial charge in [-0.1, -0.05) is 17.7 Å². The van der Waals surface area contributed by atoms with Crippen LogP contribution in [0.25, 0.3) is 0 Å². The number of hydrogen-bond acceptors (Lipinski definition) is 5. The number of rotatable bonds is 8. The molecule has 7 heteroatoms. The maximum absolute atomic E-state index is 12.3. The number of likely N-dealkylation sites (tertiary alicyclic amines) is 1. The Kier molecular flexibility index (Phi) is 7.97. The van der Waals surface area contributed by atoms with E-state index >= 15 is 0 Å². The lowest BCUT2D eigenvalue weighted by molar-refractivity contribution is -0.134. The number of carbonyl (C=O) groups excluding carboxylic acids is 1. The number of amides is 1. The zero-order valence-electron chi connectivity index (χ0n) is 17.5. The standard InChI is InChI=1S/C23H28ClN3O3/c1-3-29-22-13-18(15-25-26-19-9-7-17(2)20(24)14-19)8-10-21(22)30-16-23(28)27-11-5-4-6-12-27/h7-10,13-15,26H,3-6,11-12,16H2,1-2H3/b25-15+. The topological polar surface area (TPSA) is 63.2 Å². The number of aryl methyl sites for hydroxylation is 1. The van der Waals surface area contributed by atoms with Gasteiger partial charge in [0.1, 0.15) is 0 Å². The fraction of sp³-hybridized carbons (Fsp3) is 0.391. The molecule has 1 heterocycles. The molecule has 0 unspecified atom stereocenters. The Morgan fingerprint density at radius 1 is 1.13 bits per heavy atom. The van der Waals surface area contributed by atoms with E-state index in [1.54, 1.807) is 12.3 Å². The number of carbonyl (C=O) groups is 1. The predicted molar refractivity (Wildman–Crippen MR) is 121 cm³/mol. The molecule has 3 rings (SSSR count). The van der Waals surface area contributed by atoms with Gasteiger partial charge in [-0.2, -0.15) is 5.10 Å². The summed E-state index contributed by atoms with van der Waals surface area (Å²) < 4.78 is 11.5. The van der Waals surface area contributed by atoms with E-state index in [0.717, 1.165) is 42.7 Å². The molecule has 0 aromatic heterocycles. The van der Waals surface area contributed by atoms with Crippen LogP contribution in [0, 0.1) is 6.92 Å². The molecule has 0 aliphatic carbocycles. The first-order chi connectivity index (χ1) is 14.6. The van der Waals surface area contributed by atoms with E-state index in [1.165, 1.54) is 6.42 Å². The second-order valence-electron chi connectivity index (χ2n) is 7.20. The number of nitrogens with one attached hydrogen (secondary N) is 1. The van der Waals surface area contributed by atoms with Crippen LogP contribution in [0.1, 0.15) is 37.3 Å². The van der Waals surface area contributed by atoms with Crippen LogP contribution in [0.15, 0.2) is 41.5 Å². The largest absolute Gasteiger partial charge is 0.490 e. The molecule has 2 aromatic carbocycles. The van der Waals surface area contributed by atoms with E-state index < -0.39 is 0 Å². The van der Waals surface area contributed by atoms with Crippen molar-refractivity contribution in [3.05, 3.63) is 52.5 Å². The van der Waals surface area contributed by atoms with Gasteiger partial charge in [0.05, 0.1) is 18.5 Å². The highest BCUT2D eigenvalue weighted by Gasteiger charge is 2.17. The Morgan fingerprint density at radius 3 is 2.67 bits per heavy atom. The number of anilines is 1. The second kappa shape index (κ2) is 10.9. The minimum absolute atomic E-state index is 0.0171. The average Bonchev–Trinajstić information content (AvgIpc) is 2.76. The third kappa shape index (κ3) is 6.13. The predicted octanol–water partition coefficient (Wildman–Crippen LogP) is 4.88. The van der Waals surface area contributed by atoms with Crippen LogP contribution in [0.3, 0.4) is 0 Å². The zero-order chi connectivity index (χ0) is 21.3. The SMILES string of the molecule is CCOc1cc(/C=N/Nc2ccc(C)c(Cl)c2)ccc1OCC(=O)N1CCCCC1. The second-order valence-corrected chi connectivity index (χ2v) is 7.61. The number of hydrogen-bond donors (Lipinski definition) is 1. The monoisotopic (exact) mass is 429 g/mol. The number of nitrogens with zero attached hydrogens (tertiary/aromatic N) is 2. The average molecular weight is 430 g/mol. The van der Waals surface area contributed by atoms with Gasteiger partial charge in [0.15, 0.2) is 18.1 Å². The van der Waals surface area contributed by atoms with Crippen molar-refractivity contribution in [3.8, 4) is 11.5 Å². The number of hydrazone groups is 1. The zero-order valence-corrected chi connectivity index (χ0v) is 18.2. The van der Waals surface area contributed by atoms with Gasteiger partial charge < -0.3 is 14.4 Å². The van der Waals surface area contributed by atoms with Crippen molar-refractivity contribution in [3.63, 3.8) is 0 Å². The number of ether oxygens (including phenoxy) is 2. The summed E-state index contributed by atoms with van der Waals surface area (Å²) in [4.78, 5) is 14.2. The Balaban J connectivity index is 1.62. The van der Waals surface area contributed by atoms with Crippen LogP contribution in [0.2, 0.25) is 5.02 Å². The van der Waals surface area contributed by atoms with E-state index in [-0.39, 0.29) is 12.5 Å². The van der Waals surface area contributed by atoms with E-state index in [2.05, 4.69) is 10.5 Å². The van der Waals surface area contributed by atoms with Crippen LogP contribution in [0.5, 0.6) is 11.5 Å². The molecule has 0 radical (unpaired) electrons. The lowest BCUT2D eigenvalue weighted by atomic mass is 10.1. The molecular formula is C23H28ClN3O3. The lowest BCUT2D eigenvalue weighted by Gasteiger charge is -2.26. The summed E-state index contributed by atoms with van der Waals surface area (Å²) in [6.07, 6.45) is 5.01. The van der Waals surface area contributed by atoms with Crippen LogP contribution in [-0.4, -0.2) is 43.3 Å². The molecule has 0 spiro atoms. The summed E-state index contributed by atoms with van der Waals surface area (Å²) in [5.74, 6) is 1.16. The van der Waals surface area contributed by atoms with Crippen molar-refractivity contribution in [2.45, 2.75) is 33.1 Å². The summed E-state index contributed by atoms with van der Waals surface area (Å²) >= 11 is 6.13. The van der Waals surface area contributed by atoms with Crippen molar-refractivity contribution in [1.82, 2.24) is 4.90 Å². The third-order valence-electron chi connectivity index (χ3n) is 4.91. The number of halogens is 1. The van der Waals surface area contributed by atoms with Crippen LogP contribution < -0.4 is 14.9 Å². The van der Waals surface area contributed by atoms with Gasteiger partial charge in [-0.25, -0.2) is 0 Å². The van der Waals surface area contributed by atoms with Gasteiger partial charge in [0, 0.05) is 18.1 Å². The number of piperidine rings is 1. The van der Waals surface area contributed by atoms with Crippen molar-refractivity contribution in [1.29, 1.82) is 0 Å². The molecule has 1 N–H and O–H groups in total. The van der Waals surface area contributed by atoms with Gasteiger partial charge in [0.2, 0.25) is 0 Å². The van der Waals surface area contributed by atoms with E-state index in [9.17, 15) is 4.79 Å². The van der Waals surface area contributed by atoms with Crippen LogP contribution >= 0.6 is 11.6 Å². The quantitative estimate of drug-likeness (QED) is 0.479. The fourth-order valence-electron chi connectivity index (χ4n) is 3.21. The molecule has 1 aliphatic rings. The Labute approximate surface area is 182 Å². The summed E-state index contributed by atoms with van der Waals surface area (Å²) in [7, 11) is 0. The van der Waals surface area contributed by atoms with Gasteiger partial charge in [-0.05, 0) is 74.6 Å². The molecule has 1 fully saturated rings. The Hall–Kier alpha value is -2.73. The smallest absolute Gasteiger partial charge is 0.260 e. The number of benzene rings is 2. The summed E-state index contributed by atoms with van der Waals surface area (Å²) in [6, 6.07) is 11.2. The Morgan fingerprint density at radius 2 is 1.93 bits per heavy atom. The highest BCUT2D eigenvalue weighted by atomic mass is 35.5. The first kappa shape index (κ1) is 22.0. The van der Waals surface area contributed by atoms with Gasteiger partial charge in [0.25, 0.3) is 5.91 Å². The van der Waals surface area contributed by atoms with Crippen molar-refractivity contribution >= 4 is 29.4 Å². The maximum Gasteiger partial charge on any atom is 0.260 e. The molecule has 1 saturated heterocycles. The minimum Gasteiger partial charge on any atom is -0.490 e. The first-order valence-electron chi connectivity index (χ1n) is 10.3. The minimum atomic E-state index is 0.0171. The maximum atomic E-state index is 12.3. The molecule has 30 heavy (non-hydrogen) atoms. The molecule has 2 aromatic rings. The van der Waals surface area contributed by atoms with E-state index in [1.807, 2.05) is 49.1 Å². The van der Waals surface area contributed by atoms with Crippen molar-refractivity contribution < 1.29 is 14.3 Å². The molecule has 0 atom stereocenters. The van der Waals surface area contributed by atoms with E-state index in [4.69, 9.17) is 21.1 Å². The van der Waals surface area contributed by atoms with E-state index in [0.29, 0.717) is 23.1 Å². The molecule has 6 nitrogen and oxygen atoms in total. The van der Waals surface area contributed by atoms with Crippen LogP contribution in [0.4, 0.5) is 5.69 Å². The molecule has 1 aliphatic heterocycles. The van der Waals surface area contributed by atoms with Gasteiger partial charge in [-0.15, -0.1) is 0 Å². The normalized spacial score (nSPS) is 14.0. The third-order valence-corrected chi connectivity index (χ3v) is 5.31. The van der Waals surface area contributed by atoms with Crippen molar-refractivity contribution in [2.24, 2.45) is 5.10 Å². The Bertz CT molecular complexity index is 895. The van der Waals surface area contributed by atoms with Crippen molar-refractivity contribution in [2.75, 3.05) is 31.7 Å². The van der Waals surface area contributed by atoms with Gasteiger partial charge in [-0.3, -0.25) is 10.2 Å². The fourth-order valence-corrected chi connectivity index (χ4v) is 3.39. The molecule has 0 saturated carbocycles. The van der Waals surface area contributed by atoms with Gasteiger partial charge >= 0.3 is 0 Å². The highest BCUT2D eigenvalue weighted by molar-refractivity contribution is 6.31. The first-order valence-corrected chi connectivity index (χ1v) is 10.7. The summed E-state index contributed by atoms with van der Waals surface area (Å²) in [5.41, 5.74) is 5.64. The molecule has 1 amide bonds.